The summed E-state index contributed by atoms with van der Waals surface area (Å²) in [4.78, 5) is 10.3. The summed E-state index contributed by atoms with van der Waals surface area (Å²) in [5.41, 5.74) is 0.782. The molecule has 2 heterocycles. The summed E-state index contributed by atoms with van der Waals surface area (Å²) in [5.74, 6) is 0. The monoisotopic (exact) mass is 258 g/mol. The zero-order valence-corrected chi connectivity index (χ0v) is 10.3. The van der Waals surface area contributed by atoms with Crippen molar-refractivity contribution in [3.8, 4) is 10.6 Å². The Kier molecular flexibility index (Phi) is 3.24. The van der Waals surface area contributed by atoms with Crippen LogP contribution in [-0.2, 0) is 6.42 Å². The number of aryl methyl sites for hydroxylation is 1. The van der Waals surface area contributed by atoms with Crippen LogP contribution in [0, 0.1) is 0 Å². The largest absolute Gasteiger partial charge is 0.224 e. The first-order valence-electron chi connectivity index (χ1n) is 4.48. The molecule has 0 aliphatic rings. The normalized spacial score (nSPS) is 10.6. The zero-order valence-electron chi connectivity index (χ0n) is 8.00. The van der Waals surface area contributed by atoms with E-state index in [2.05, 4.69) is 23.0 Å². The summed E-state index contributed by atoms with van der Waals surface area (Å²) in [7, 11) is 0. The van der Waals surface area contributed by atoms with Crippen molar-refractivity contribution < 1.29 is 0 Å². The lowest BCUT2D eigenvalue weighted by Crippen LogP contribution is -1.85. The van der Waals surface area contributed by atoms with Crippen LogP contribution in [-0.4, -0.2) is 9.97 Å². The molecule has 0 aliphatic heterocycles. The second kappa shape index (κ2) is 4.47. The highest BCUT2D eigenvalue weighted by atomic mass is 35.5. The van der Waals surface area contributed by atoms with Crippen molar-refractivity contribution in [2.45, 2.75) is 13.3 Å². The van der Waals surface area contributed by atoms with Crippen LogP contribution in [0.15, 0.2) is 18.2 Å². The smallest absolute Gasteiger partial charge is 0.217 e. The average molecular weight is 259 g/mol. The van der Waals surface area contributed by atoms with Gasteiger partial charge in [-0.05, 0) is 30.2 Å². The van der Waals surface area contributed by atoms with Crippen molar-refractivity contribution >= 4 is 34.5 Å². The summed E-state index contributed by atoms with van der Waals surface area (Å²) < 4.78 is 0. The minimum absolute atomic E-state index is 0.184. The molecular formula is C10H8Cl2N2S. The highest BCUT2D eigenvalue weighted by Crippen LogP contribution is 2.28. The number of halogens is 2. The number of hydrogen-bond acceptors (Lipinski definition) is 3. The maximum Gasteiger partial charge on any atom is 0.224 e. The molecule has 2 aromatic rings. The van der Waals surface area contributed by atoms with Gasteiger partial charge in [0.25, 0.3) is 0 Å². The Balaban J connectivity index is 2.44. The highest BCUT2D eigenvalue weighted by Gasteiger charge is 2.06. The summed E-state index contributed by atoms with van der Waals surface area (Å²) in [6.07, 6.45) is 1.03. The van der Waals surface area contributed by atoms with Gasteiger partial charge in [0.05, 0.1) is 10.6 Å². The van der Waals surface area contributed by atoms with Crippen LogP contribution in [0.5, 0.6) is 0 Å². The van der Waals surface area contributed by atoms with E-state index in [1.54, 1.807) is 17.4 Å². The van der Waals surface area contributed by atoms with Crippen LogP contribution in [0.2, 0.25) is 10.4 Å². The highest BCUT2D eigenvalue weighted by molar-refractivity contribution is 7.15. The Bertz CT molecular complexity index is 462. The number of nitrogens with zero attached hydrogens (tertiary/aromatic N) is 2. The molecule has 0 aliphatic carbocycles. The van der Waals surface area contributed by atoms with E-state index in [0.29, 0.717) is 5.15 Å². The fraction of sp³-hybridized carbons (Fsp3) is 0.200. The molecule has 0 spiro atoms. The molecule has 2 aromatic heterocycles. The Morgan fingerprint density at radius 1 is 1.27 bits per heavy atom. The Morgan fingerprint density at radius 2 is 2.07 bits per heavy atom. The van der Waals surface area contributed by atoms with Crippen LogP contribution in [0.3, 0.4) is 0 Å². The van der Waals surface area contributed by atoms with Crippen LogP contribution in [0.25, 0.3) is 10.6 Å². The molecule has 0 atom stereocenters. The van der Waals surface area contributed by atoms with Crippen LogP contribution in [0.1, 0.15) is 11.8 Å². The number of thiophene rings is 1. The third kappa shape index (κ3) is 2.48. The molecule has 0 radical (unpaired) electrons. The van der Waals surface area contributed by atoms with E-state index in [4.69, 9.17) is 23.2 Å². The van der Waals surface area contributed by atoms with Crippen molar-refractivity contribution in [1.29, 1.82) is 0 Å². The molecular weight excluding hydrogens is 251 g/mol. The first kappa shape index (κ1) is 10.9. The lowest BCUT2D eigenvalue weighted by atomic mass is 10.3. The second-order valence-electron chi connectivity index (χ2n) is 2.96. The van der Waals surface area contributed by atoms with Gasteiger partial charge in [0.2, 0.25) is 5.28 Å². The van der Waals surface area contributed by atoms with Gasteiger partial charge >= 0.3 is 0 Å². The second-order valence-corrected chi connectivity index (χ2v) is 4.86. The maximum atomic E-state index is 5.81. The molecule has 78 valence electrons. The predicted molar refractivity (Wildman–Crippen MR) is 64.7 cm³/mol. The summed E-state index contributed by atoms with van der Waals surface area (Å²) >= 11 is 13.2. The van der Waals surface area contributed by atoms with Crippen LogP contribution < -0.4 is 0 Å². The summed E-state index contributed by atoms with van der Waals surface area (Å²) in [6, 6.07) is 5.83. The standard InChI is InChI=1S/C10H8Cl2N2S/c1-2-6-3-4-8(15-6)7-5-9(11)14-10(12)13-7/h3-5H,2H2,1H3. The molecule has 0 amide bonds. The third-order valence-corrected chi connectivity index (χ3v) is 3.54. The predicted octanol–water partition coefficient (Wildman–Crippen LogP) is 4.07. The zero-order chi connectivity index (χ0) is 10.8. The third-order valence-electron chi connectivity index (χ3n) is 1.93. The van der Waals surface area contributed by atoms with Gasteiger partial charge in [-0.15, -0.1) is 11.3 Å². The lowest BCUT2D eigenvalue weighted by molar-refractivity contribution is 1.18. The molecule has 2 nitrogen and oxygen atoms in total. The Hall–Kier alpha value is -0.640. The van der Waals surface area contributed by atoms with Gasteiger partial charge in [0.1, 0.15) is 5.15 Å². The SMILES string of the molecule is CCc1ccc(-c2cc(Cl)nc(Cl)n2)s1. The summed E-state index contributed by atoms with van der Waals surface area (Å²) in [5, 5.41) is 0.556. The molecule has 0 saturated carbocycles. The van der Waals surface area contributed by atoms with E-state index in [1.807, 2.05) is 6.07 Å². The van der Waals surface area contributed by atoms with Gasteiger partial charge in [-0.3, -0.25) is 0 Å². The Morgan fingerprint density at radius 3 is 2.67 bits per heavy atom. The fourth-order valence-electron chi connectivity index (χ4n) is 1.22. The van der Waals surface area contributed by atoms with Crippen molar-refractivity contribution in [3.05, 3.63) is 33.5 Å². The molecule has 15 heavy (non-hydrogen) atoms. The van der Waals surface area contributed by atoms with E-state index in [-0.39, 0.29) is 5.28 Å². The van der Waals surface area contributed by atoms with E-state index in [9.17, 15) is 0 Å². The van der Waals surface area contributed by atoms with Gasteiger partial charge in [-0.25, -0.2) is 9.97 Å². The molecule has 0 unspecified atom stereocenters. The molecule has 0 fully saturated rings. The number of hydrogen-bond donors (Lipinski definition) is 0. The fourth-order valence-corrected chi connectivity index (χ4v) is 2.54. The molecule has 2 rings (SSSR count). The van der Waals surface area contributed by atoms with Crippen LogP contribution >= 0.6 is 34.5 Å². The van der Waals surface area contributed by atoms with E-state index in [0.717, 1.165) is 17.0 Å². The van der Waals surface area contributed by atoms with Gasteiger partial charge in [-0.2, -0.15) is 0 Å². The summed E-state index contributed by atoms with van der Waals surface area (Å²) in [6.45, 7) is 2.12. The maximum absolute atomic E-state index is 5.81. The van der Waals surface area contributed by atoms with Crippen molar-refractivity contribution in [1.82, 2.24) is 9.97 Å². The van der Waals surface area contributed by atoms with E-state index < -0.39 is 0 Å². The van der Waals surface area contributed by atoms with Gasteiger partial charge in [-0.1, -0.05) is 18.5 Å². The average Bonchev–Trinajstić information content (AvgIpc) is 2.64. The van der Waals surface area contributed by atoms with Gasteiger partial charge in [0.15, 0.2) is 0 Å². The molecule has 0 N–H and O–H groups in total. The first-order valence-corrected chi connectivity index (χ1v) is 6.05. The Labute approximate surface area is 102 Å². The van der Waals surface area contributed by atoms with E-state index in [1.165, 1.54) is 4.88 Å². The lowest BCUT2D eigenvalue weighted by Gasteiger charge is -1.97. The molecule has 0 aromatic carbocycles. The first-order chi connectivity index (χ1) is 7.19. The number of aromatic nitrogens is 2. The quantitative estimate of drug-likeness (QED) is 0.600. The molecule has 5 heteroatoms. The van der Waals surface area contributed by atoms with Gasteiger partial charge < -0.3 is 0 Å². The van der Waals surface area contributed by atoms with Crippen molar-refractivity contribution in [3.63, 3.8) is 0 Å². The van der Waals surface area contributed by atoms with Gasteiger partial charge in [0, 0.05) is 10.9 Å². The van der Waals surface area contributed by atoms with Crippen molar-refractivity contribution in [2.24, 2.45) is 0 Å². The molecule has 0 saturated heterocycles. The molecule has 0 bridgehead atoms. The minimum Gasteiger partial charge on any atom is -0.217 e. The van der Waals surface area contributed by atoms with Crippen molar-refractivity contribution in [2.75, 3.05) is 0 Å². The topological polar surface area (TPSA) is 25.8 Å². The minimum atomic E-state index is 0.184. The number of rotatable bonds is 2. The van der Waals surface area contributed by atoms with E-state index >= 15 is 0 Å². The van der Waals surface area contributed by atoms with Crippen LogP contribution in [0.4, 0.5) is 0 Å².